The summed E-state index contributed by atoms with van der Waals surface area (Å²) in [5.74, 6) is -0.434. The van der Waals surface area contributed by atoms with E-state index in [1.54, 1.807) is 6.07 Å². The van der Waals surface area contributed by atoms with E-state index >= 15 is 0 Å². The molecule has 132 valence electrons. The Morgan fingerprint density at radius 3 is 2.44 bits per heavy atom. The number of hydrogen-bond acceptors (Lipinski definition) is 4. The number of esters is 1. The Morgan fingerprint density at radius 1 is 1.12 bits per heavy atom. The van der Waals surface area contributed by atoms with E-state index in [9.17, 15) is 14.7 Å². The minimum Gasteiger partial charge on any atom is -0.507 e. The zero-order valence-electron chi connectivity index (χ0n) is 14.3. The summed E-state index contributed by atoms with van der Waals surface area (Å²) in [6, 6.07) is 10.7. The molecule has 0 unspecified atom stereocenters. The fraction of sp³-hybridized carbons (Fsp3) is 0.400. The normalized spacial score (nSPS) is 20.2. The Kier molecular flexibility index (Phi) is 5.22. The summed E-state index contributed by atoms with van der Waals surface area (Å²) in [5.41, 5.74) is 0.0676. The smallest absolute Gasteiger partial charge is 0.342 e. The molecule has 2 N–H and O–H groups in total. The lowest BCUT2D eigenvalue weighted by molar-refractivity contribution is -0.125. The van der Waals surface area contributed by atoms with E-state index in [0.717, 1.165) is 36.5 Å². The van der Waals surface area contributed by atoms with Crippen LogP contribution in [-0.4, -0.2) is 29.6 Å². The molecule has 3 rings (SSSR count). The van der Waals surface area contributed by atoms with Crippen LogP contribution in [0.15, 0.2) is 36.4 Å². The van der Waals surface area contributed by atoms with Gasteiger partial charge in [-0.2, -0.15) is 0 Å². The number of fused-ring (bicyclic) bond motifs is 1. The molecule has 2 aromatic carbocycles. The number of phenolic OH excluding ortho intramolecular Hbond substituents is 1. The van der Waals surface area contributed by atoms with Crippen LogP contribution in [0.3, 0.4) is 0 Å². The summed E-state index contributed by atoms with van der Waals surface area (Å²) in [6.07, 6.45) is 4.14. The molecule has 1 fully saturated rings. The third kappa shape index (κ3) is 4.29. The molecule has 0 spiro atoms. The molecular weight excluding hydrogens is 318 g/mol. The molecule has 1 aliphatic carbocycles. The number of phenols is 1. The average molecular weight is 341 g/mol. The number of amides is 1. The molecule has 1 aliphatic rings. The highest BCUT2D eigenvalue weighted by Gasteiger charge is 2.21. The van der Waals surface area contributed by atoms with Gasteiger partial charge in [-0.3, -0.25) is 4.79 Å². The maximum absolute atomic E-state index is 12.2. The molecule has 1 saturated carbocycles. The van der Waals surface area contributed by atoms with Crippen molar-refractivity contribution in [3.63, 3.8) is 0 Å². The quantitative estimate of drug-likeness (QED) is 0.836. The summed E-state index contributed by atoms with van der Waals surface area (Å²) in [6.45, 7) is 1.88. The van der Waals surface area contributed by atoms with E-state index in [2.05, 4.69) is 12.2 Å². The second kappa shape index (κ2) is 7.55. The SMILES string of the molecule is CC1CCC(NC(=O)COC(=O)c2cc3ccccc3cc2O)CC1. The lowest BCUT2D eigenvalue weighted by atomic mass is 9.87. The van der Waals surface area contributed by atoms with Crippen molar-refractivity contribution in [3.8, 4) is 5.75 Å². The first-order chi connectivity index (χ1) is 12.0. The Balaban J connectivity index is 1.57. The van der Waals surface area contributed by atoms with Gasteiger partial charge in [0.05, 0.1) is 0 Å². The van der Waals surface area contributed by atoms with Crippen molar-refractivity contribution in [2.45, 2.75) is 38.6 Å². The third-order valence-electron chi connectivity index (χ3n) is 4.80. The van der Waals surface area contributed by atoms with E-state index in [0.29, 0.717) is 5.92 Å². The van der Waals surface area contributed by atoms with E-state index in [1.807, 2.05) is 24.3 Å². The highest BCUT2D eigenvalue weighted by Crippen LogP contribution is 2.26. The van der Waals surface area contributed by atoms with Crippen LogP contribution in [0.5, 0.6) is 5.75 Å². The van der Waals surface area contributed by atoms with Gasteiger partial charge in [-0.25, -0.2) is 4.79 Å². The number of aromatic hydroxyl groups is 1. The molecule has 5 nitrogen and oxygen atoms in total. The number of hydrogen-bond donors (Lipinski definition) is 2. The molecule has 0 radical (unpaired) electrons. The van der Waals surface area contributed by atoms with E-state index in [1.165, 1.54) is 6.07 Å². The van der Waals surface area contributed by atoms with Crippen molar-refractivity contribution in [2.24, 2.45) is 5.92 Å². The second-order valence-electron chi connectivity index (χ2n) is 6.82. The Hall–Kier alpha value is -2.56. The predicted octanol–water partition coefficient (Wildman–Crippen LogP) is 3.40. The summed E-state index contributed by atoms with van der Waals surface area (Å²) >= 11 is 0. The molecule has 0 heterocycles. The molecule has 0 aliphatic heterocycles. The summed E-state index contributed by atoms with van der Waals surface area (Å²) in [7, 11) is 0. The molecule has 0 bridgehead atoms. The third-order valence-corrected chi connectivity index (χ3v) is 4.80. The Labute approximate surface area is 147 Å². The number of ether oxygens (including phenoxy) is 1. The lowest BCUT2D eigenvalue weighted by Crippen LogP contribution is -2.39. The summed E-state index contributed by atoms with van der Waals surface area (Å²) in [5, 5.41) is 14.6. The Bertz CT molecular complexity index is 778. The number of benzene rings is 2. The van der Waals surface area contributed by atoms with Gasteiger partial charge in [0.2, 0.25) is 0 Å². The maximum Gasteiger partial charge on any atom is 0.342 e. The molecule has 2 aromatic rings. The van der Waals surface area contributed by atoms with Crippen LogP contribution in [0.2, 0.25) is 0 Å². The first-order valence-corrected chi connectivity index (χ1v) is 8.71. The fourth-order valence-corrected chi connectivity index (χ4v) is 3.27. The van der Waals surface area contributed by atoms with Crippen LogP contribution in [-0.2, 0) is 9.53 Å². The van der Waals surface area contributed by atoms with Crippen LogP contribution < -0.4 is 5.32 Å². The van der Waals surface area contributed by atoms with Gasteiger partial charge in [-0.15, -0.1) is 0 Å². The van der Waals surface area contributed by atoms with Gasteiger partial charge in [0.25, 0.3) is 5.91 Å². The van der Waals surface area contributed by atoms with Crippen molar-refractivity contribution in [2.75, 3.05) is 6.61 Å². The number of carbonyl (C=O) groups excluding carboxylic acids is 2. The molecule has 25 heavy (non-hydrogen) atoms. The van der Waals surface area contributed by atoms with Crippen molar-refractivity contribution >= 4 is 22.6 Å². The van der Waals surface area contributed by atoms with Crippen LogP contribution >= 0.6 is 0 Å². The second-order valence-corrected chi connectivity index (χ2v) is 6.82. The Morgan fingerprint density at radius 2 is 1.76 bits per heavy atom. The van der Waals surface area contributed by atoms with E-state index < -0.39 is 5.97 Å². The largest absolute Gasteiger partial charge is 0.507 e. The molecule has 5 heteroatoms. The van der Waals surface area contributed by atoms with Crippen LogP contribution in [0, 0.1) is 5.92 Å². The topological polar surface area (TPSA) is 75.6 Å². The molecule has 0 atom stereocenters. The van der Waals surface area contributed by atoms with Crippen molar-refractivity contribution in [3.05, 3.63) is 42.0 Å². The van der Waals surface area contributed by atoms with Crippen LogP contribution in [0.4, 0.5) is 0 Å². The minimum atomic E-state index is -0.698. The number of nitrogens with one attached hydrogen (secondary N) is 1. The standard InChI is InChI=1S/C20H23NO4/c1-13-6-8-16(9-7-13)21-19(23)12-25-20(24)17-10-14-4-2-3-5-15(14)11-18(17)22/h2-5,10-11,13,16,22H,6-9,12H2,1H3,(H,21,23). The van der Waals surface area contributed by atoms with Crippen LogP contribution in [0.25, 0.3) is 10.8 Å². The van der Waals surface area contributed by atoms with Gasteiger partial charge in [-0.05, 0) is 54.5 Å². The summed E-state index contributed by atoms with van der Waals surface area (Å²) in [4.78, 5) is 24.2. The van der Waals surface area contributed by atoms with Crippen LogP contribution in [0.1, 0.15) is 43.0 Å². The fourth-order valence-electron chi connectivity index (χ4n) is 3.27. The zero-order chi connectivity index (χ0) is 17.8. The highest BCUT2D eigenvalue weighted by molar-refractivity contribution is 5.99. The van der Waals surface area contributed by atoms with Gasteiger partial charge >= 0.3 is 5.97 Å². The van der Waals surface area contributed by atoms with Gasteiger partial charge in [0, 0.05) is 6.04 Å². The molecule has 1 amide bonds. The first kappa shape index (κ1) is 17.3. The van der Waals surface area contributed by atoms with Crippen molar-refractivity contribution < 1.29 is 19.4 Å². The highest BCUT2D eigenvalue weighted by atomic mass is 16.5. The van der Waals surface area contributed by atoms with E-state index in [-0.39, 0.29) is 29.9 Å². The molecule has 0 saturated heterocycles. The maximum atomic E-state index is 12.2. The summed E-state index contributed by atoms with van der Waals surface area (Å²) < 4.78 is 5.07. The number of rotatable bonds is 4. The average Bonchev–Trinajstić information content (AvgIpc) is 2.61. The van der Waals surface area contributed by atoms with Crippen molar-refractivity contribution in [1.29, 1.82) is 0 Å². The van der Waals surface area contributed by atoms with Gasteiger partial charge in [-0.1, -0.05) is 31.2 Å². The van der Waals surface area contributed by atoms with Gasteiger partial charge < -0.3 is 15.2 Å². The van der Waals surface area contributed by atoms with Gasteiger partial charge in [0.15, 0.2) is 6.61 Å². The molecule has 0 aromatic heterocycles. The molecular formula is C20H23NO4. The number of carbonyl (C=O) groups is 2. The monoisotopic (exact) mass is 341 g/mol. The predicted molar refractivity (Wildman–Crippen MR) is 95.5 cm³/mol. The first-order valence-electron chi connectivity index (χ1n) is 8.71. The van der Waals surface area contributed by atoms with Crippen molar-refractivity contribution in [1.82, 2.24) is 5.32 Å². The minimum absolute atomic E-state index is 0.0676. The van der Waals surface area contributed by atoms with E-state index in [4.69, 9.17) is 4.74 Å². The lowest BCUT2D eigenvalue weighted by Gasteiger charge is -2.26. The zero-order valence-corrected chi connectivity index (χ0v) is 14.3. The van der Waals surface area contributed by atoms with Gasteiger partial charge in [0.1, 0.15) is 11.3 Å².